The van der Waals surface area contributed by atoms with Crippen molar-refractivity contribution in [3.63, 3.8) is 0 Å². The first-order valence-corrected chi connectivity index (χ1v) is 6.60. The van der Waals surface area contributed by atoms with Gasteiger partial charge >= 0.3 is 0 Å². The monoisotopic (exact) mass is 249 g/mol. The lowest BCUT2D eigenvalue weighted by Gasteiger charge is -2.26. The Hall–Kier alpha value is -1.22. The zero-order chi connectivity index (χ0) is 13.2. The van der Waals surface area contributed by atoms with Crippen LogP contribution in [-0.4, -0.2) is 18.9 Å². The summed E-state index contributed by atoms with van der Waals surface area (Å²) in [6.45, 7) is 5.50. The van der Waals surface area contributed by atoms with Gasteiger partial charge in [-0.2, -0.15) is 0 Å². The molecule has 1 aromatic rings. The molecule has 0 saturated carbocycles. The van der Waals surface area contributed by atoms with Crippen molar-refractivity contribution in [1.82, 2.24) is 5.32 Å². The van der Waals surface area contributed by atoms with Gasteiger partial charge in [0.2, 0.25) is 0 Å². The quantitative estimate of drug-likeness (QED) is 0.831. The van der Waals surface area contributed by atoms with E-state index < -0.39 is 0 Å². The second kappa shape index (κ2) is 5.19. The van der Waals surface area contributed by atoms with E-state index in [0.717, 1.165) is 37.9 Å². The second-order valence-corrected chi connectivity index (χ2v) is 5.30. The van der Waals surface area contributed by atoms with Crippen LogP contribution in [0.4, 0.5) is 4.39 Å². The molecule has 0 aliphatic carbocycles. The molecule has 1 heterocycles. The Labute approximate surface area is 108 Å². The molecule has 0 bridgehead atoms. The standard InChI is InChI=1S/C15H20FNO/c1-3-4-15(5-6-17-10-15)14(18)12-7-11(2)8-13(16)9-12/h7-9,17H,3-6,10H2,1-2H3. The summed E-state index contributed by atoms with van der Waals surface area (Å²) in [5.41, 5.74) is 0.996. The number of hydrogen-bond donors (Lipinski definition) is 1. The molecule has 0 amide bonds. The smallest absolute Gasteiger partial charge is 0.170 e. The molecule has 1 unspecified atom stereocenters. The van der Waals surface area contributed by atoms with E-state index in [4.69, 9.17) is 0 Å². The number of carbonyl (C=O) groups excluding carboxylic acids is 1. The zero-order valence-corrected chi connectivity index (χ0v) is 11.1. The third-order valence-electron chi connectivity index (χ3n) is 3.76. The van der Waals surface area contributed by atoms with Crippen LogP contribution in [0.25, 0.3) is 0 Å². The highest BCUT2D eigenvalue weighted by Crippen LogP contribution is 2.35. The van der Waals surface area contributed by atoms with Gasteiger partial charge in [0.15, 0.2) is 5.78 Å². The minimum absolute atomic E-state index is 0.0944. The first-order chi connectivity index (χ1) is 8.57. The summed E-state index contributed by atoms with van der Waals surface area (Å²) in [4.78, 5) is 12.7. The minimum atomic E-state index is -0.324. The molecule has 98 valence electrons. The van der Waals surface area contributed by atoms with Crippen LogP contribution in [0.15, 0.2) is 18.2 Å². The normalized spacial score (nSPS) is 23.3. The van der Waals surface area contributed by atoms with Crippen molar-refractivity contribution in [2.45, 2.75) is 33.1 Å². The molecule has 1 saturated heterocycles. The van der Waals surface area contributed by atoms with Gasteiger partial charge in [0.25, 0.3) is 0 Å². The van der Waals surface area contributed by atoms with E-state index >= 15 is 0 Å². The lowest BCUT2D eigenvalue weighted by atomic mass is 9.76. The fourth-order valence-electron chi connectivity index (χ4n) is 2.92. The Morgan fingerprint density at radius 3 is 2.78 bits per heavy atom. The number of halogens is 1. The van der Waals surface area contributed by atoms with Crippen LogP contribution < -0.4 is 5.32 Å². The Bertz CT molecular complexity index is 430. The molecule has 1 aliphatic rings. The molecule has 18 heavy (non-hydrogen) atoms. The van der Waals surface area contributed by atoms with E-state index in [0.29, 0.717) is 5.56 Å². The third-order valence-corrected chi connectivity index (χ3v) is 3.76. The summed E-state index contributed by atoms with van der Waals surface area (Å²) in [6, 6.07) is 4.61. The predicted octanol–water partition coefficient (Wildman–Crippen LogP) is 3.10. The van der Waals surface area contributed by atoms with Gasteiger partial charge in [0.05, 0.1) is 0 Å². The number of aryl methyl sites for hydroxylation is 1. The maximum absolute atomic E-state index is 13.4. The first-order valence-electron chi connectivity index (χ1n) is 6.60. The molecule has 0 radical (unpaired) electrons. The maximum Gasteiger partial charge on any atom is 0.170 e. The number of benzene rings is 1. The largest absolute Gasteiger partial charge is 0.316 e. The molecule has 0 spiro atoms. The Morgan fingerprint density at radius 2 is 2.22 bits per heavy atom. The summed E-state index contributed by atoms with van der Waals surface area (Å²) in [6.07, 6.45) is 2.70. The minimum Gasteiger partial charge on any atom is -0.316 e. The molecule has 0 aromatic heterocycles. The number of carbonyl (C=O) groups is 1. The van der Waals surface area contributed by atoms with Crippen LogP contribution in [-0.2, 0) is 0 Å². The second-order valence-electron chi connectivity index (χ2n) is 5.30. The van der Waals surface area contributed by atoms with Crippen molar-refractivity contribution < 1.29 is 9.18 Å². The average Bonchev–Trinajstić information content (AvgIpc) is 2.77. The van der Waals surface area contributed by atoms with E-state index in [2.05, 4.69) is 12.2 Å². The summed E-state index contributed by atoms with van der Waals surface area (Å²) < 4.78 is 13.4. The molecular weight excluding hydrogens is 229 g/mol. The molecule has 1 N–H and O–H groups in total. The molecule has 1 aromatic carbocycles. The van der Waals surface area contributed by atoms with Crippen molar-refractivity contribution in [2.24, 2.45) is 5.41 Å². The van der Waals surface area contributed by atoms with Crippen LogP contribution in [0.3, 0.4) is 0 Å². The Balaban J connectivity index is 2.33. The van der Waals surface area contributed by atoms with Crippen LogP contribution in [0.5, 0.6) is 0 Å². The van der Waals surface area contributed by atoms with E-state index in [1.54, 1.807) is 6.07 Å². The Morgan fingerprint density at radius 1 is 1.44 bits per heavy atom. The van der Waals surface area contributed by atoms with Crippen LogP contribution in [0.2, 0.25) is 0 Å². The maximum atomic E-state index is 13.4. The van der Waals surface area contributed by atoms with Gasteiger partial charge in [-0.1, -0.05) is 13.3 Å². The van der Waals surface area contributed by atoms with Crippen LogP contribution >= 0.6 is 0 Å². The molecule has 2 rings (SSSR count). The summed E-state index contributed by atoms with van der Waals surface area (Å²) in [5.74, 6) is -0.229. The van der Waals surface area contributed by atoms with Gasteiger partial charge in [0, 0.05) is 17.5 Å². The average molecular weight is 249 g/mol. The van der Waals surface area contributed by atoms with Crippen molar-refractivity contribution >= 4 is 5.78 Å². The first kappa shape index (κ1) is 13.2. The number of rotatable bonds is 4. The predicted molar refractivity (Wildman–Crippen MR) is 70.3 cm³/mol. The highest BCUT2D eigenvalue weighted by molar-refractivity contribution is 6.01. The van der Waals surface area contributed by atoms with Crippen molar-refractivity contribution in [1.29, 1.82) is 0 Å². The molecule has 3 heteroatoms. The van der Waals surface area contributed by atoms with E-state index in [1.165, 1.54) is 12.1 Å². The lowest BCUT2D eigenvalue weighted by Crippen LogP contribution is -2.33. The number of nitrogens with one attached hydrogen (secondary N) is 1. The van der Waals surface area contributed by atoms with Gasteiger partial charge < -0.3 is 5.32 Å². The van der Waals surface area contributed by atoms with Crippen LogP contribution in [0, 0.1) is 18.2 Å². The van der Waals surface area contributed by atoms with Gasteiger partial charge in [-0.3, -0.25) is 4.79 Å². The number of hydrogen-bond acceptors (Lipinski definition) is 2. The highest BCUT2D eigenvalue weighted by atomic mass is 19.1. The van der Waals surface area contributed by atoms with E-state index in [-0.39, 0.29) is 17.0 Å². The van der Waals surface area contributed by atoms with Gasteiger partial charge in [-0.15, -0.1) is 0 Å². The van der Waals surface area contributed by atoms with Gasteiger partial charge in [-0.25, -0.2) is 4.39 Å². The van der Waals surface area contributed by atoms with Crippen molar-refractivity contribution in [3.05, 3.63) is 35.1 Å². The Kier molecular flexibility index (Phi) is 3.81. The third kappa shape index (κ3) is 2.46. The molecule has 1 aliphatic heterocycles. The van der Waals surface area contributed by atoms with Gasteiger partial charge in [0.1, 0.15) is 5.82 Å². The SMILES string of the molecule is CCCC1(C(=O)c2cc(C)cc(F)c2)CCNC1. The fourth-order valence-corrected chi connectivity index (χ4v) is 2.92. The fraction of sp³-hybridized carbons (Fsp3) is 0.533. The molecular formula is C15H20FNO. The van der Waals surface area contributed by atoms with Crippen molar-refractivity contribution in [2.75, 3.05) is 13.1 Å². The number of ketones is 1. The number of Topliss-reactive ketones (excluding diaryl/α,β-unsaturated/α-hetero) is 1. The van der Waals surface area contributed by atoms with E-state index in [9.17, 15) is 9.18 Å². The van der Waals surface area contributed by atoms with Gasteiger partial charge in [-0.05, 0) is 50.1 Å². The summed E-state index contributed by atoms with van der Waals surface area (Å²) >= 11 is 0. The zero-order valence-electron chi connectivity index (χ0n) is 11.1. The summed E-state index contributed by atoms with van der Waals surface area (Å²) in [7, 11) is 0. The highest BCUT2D eigenvalue weighted by Gasteiger charge is 2.40. The van der Waals surface area contributed by atoms with Crippen molar-refractivity contribution in [3.8, 4) is 0 Å². The molecule has 1 fully saturated rings. The summed E-state index contributed by atoms with van der Waals surface area (Å²) in [5, 5.41) is 3.26. The van der Waals surface area contributed by atoms with E-state index in [1.807, 2.05) is 6.92 Å². The molecule has 2 nitrogen and oxygen atoms in total. The van der Waals surface area contributed by atoms with Crippen LogP contribution in [0.1, 0.15) is 42.1 Å². The molecule has 1 atom stereocenters. The topological polar surface area (TPSA) is 29.1 Å². The lowest BCUT2D eigenvalue weighted by molar-refractivity contribution is 0.0801.